The minimum Gasteiger partial charge on any atom is -0.463 e. The van der Waals surface area contributed by atoms with Crippen LogP contribution in [0, 0.1) is 5.92 Å². The Hall–Kier alpha value is -1.13. The van der Waals surface area contributed by atoms with Gasteiger partial charge < -0.3 is 10.2 Å². The minimum absolute atomic E-state index is 0.220. The van der Waals surface area contributed by atoms with Gasteiger partial charge in [0.15, 0.2) is 5.76 Å². The number of thiazole rings is 1. The van der Waals surface area contributed by atoms with E-state index >= 15 is 0 Å². The molecule has 1 fully saturated rings. The first-order valence-corrected chi connectivity index (χ1v) is 7.34. The van der Waals surface area contributed by atoms with E-state index in [2.05, 4.69) is 11.9 Å². The summed E-state index contributed by atoms with van der Waals surface area (Å²) in [6, 6.07) is 3.82. The first-order valence-electron chi connectivity index (χ1n) is 6.46. The Morgan fingerprint density at radius 1 is 1.44 bits per heavy atom. The number of rotatable bonds is 2. The van der Waals surface area contributed by atoms with Crippen LogP contribution in [-0.4, -0.2) is 4.98 Å². The van der Waals surface area contributed by atoms with Crippen LogP contribution >= 0.6 is 11.3 Å². The summed E-state index contributed by atoms with van der Waals surface area (Å²) >= 11 is 1.66. The summed E-state index contributed by atoms with van der Waals surface area (Å²) in [6.07, 6.45) is 6.16. The van der Waals surface area contributed by atoms with Gasteiger partial charge in [0.25, 0.3) is 0 Å². The van der Waals surface area contributed by atoms with Gasteiger partial charge in [0.1, 0.15) is 10.7 Å². The second kappa shape index (κ2) is 4.52. The highest BCUT2D eigenvalue weighted by atomic mass is 32.1. The van der Waals surface area contributed by atoms with E-state index in [0.29, 0.717) is 0 Å². The molecule has 0 aromatic carbocycles. The van der Waals surface area contributed by atoms with E-state index in [4.69, 9.17) is 10.2 Å². The maximum Gasteiger partial charge on any atom is 0.153 e. The van der Waals surface area contributed by atoms with Gasteiger partial charge in [0, 0.05) is 5.38 Å². The Kier molecular flexibility index (Phi) is 2.99. The third-order valence-electron chi connectivity index (χ3n) is 3.87. The van der Waals surface area contributed by atoms with Crippen LogP contribution in [0.1, 0.15) is 37.6 Å². The number of furan rings is 1. The van der Waals surface area contributed by atoms with Crippen LogP contribution in [0.5, 0.6) is 0 Å². The van der Waals surface area contributed by atoms with Crippen LogP contribution in [0.2, 0.25) is 0 Å². The summed E-state index contributed by atoms with van der Waals surface area (Å²) in [5, 5.41) is 3.10. The maximum absolute atomic E-state index is 6.53. The lowest BCUT2D eigenvalue weighted by molar-refractivity contribution is 0.247. The van der Waals surface area contributed by atoms with Gasteiger partial charge >= 0.3 is 0 Å². The van der Waals surface area contributed by atoms with Crippen LogP contribution in [0.3, 0.4) is 0 Å². The molecular formula is C14H18N2OS. The van der Waals surface area contributed by atoms with Gasteiger partial charge in [-0.15, -0.1) is 11.3 Å². The number of hydrogen-bond donors (Lipinski definition) is 1. The zero-order valence-corrected chi connectivity index (χ0v) is 11.4. The Morgan fingerprint density at radius 2 is 2.22 bits per heavy atom. The van der Waals surface area contributed by atoms with Crippen molar-refractivity contribution in [1.82, 2.24) is 4.98 Å². The van der Waals surface area contributed by atoms with E-state index in [1.54, 1.807) is 17.6 Å². The molecule has 18 heavy (non-hydrogen) atoms. The van der Waals surface area contributed by atoms with Crippen LogP contribution in [0.4, 0.5) is 0 Å². The molecule has 0 bridgehead atoms. The minimum atomic E-state index is -0.220. The Labute approximate surface area is 111 Å². The van der Waals surface area contributed by atoms with E-state index in [0.717, 1.165) is 35.2 Å². The zero-order chi connectivity index (χ0) is 12.6. The molecule has 0 radical (unpaired) electrons. The van der Waals surface area contributed by atoms with Crippen LogP contribution in [0.15, 0.2) is 28.2 Å². The van der Waals surface area contributed by atoms with Crippen LogP contribution in [-0.2, 0) is 5.54 Å². The SMILES string of the molecule is CC1CCC(N)(c2nc(-c3ccco3)cs2)CC1. The lowest BCUT2D eigenvalue weighted by Crippen LogP contribution is -2.40. The molecule has 96 valence electrons. The predicted molar refractivity (Wildman–Crippen MR) is 73.3 cm³/mol. The van der Waals surface area contributed by atoms with Crippen LogP contribution in [0.25, 0.3) is 11.5 Å². The molecule has 0 unspecified atom stereocenters. The van der Waals surface area contributed by atoms with E-state index in [1.807, 2.05) is 17.5 Å². The van der Waals surface area contributed by atoms with E-state index < -0.39 is 0 Å². The topological polar surface area (TPSA) is 52.0 Å². The molecule has 0 saturated heterocycles. The summed E-state index contributed by atoms with van der Waals surface area (Å²) in [5.41, 5.74) is 7.21. The third-order valence-corrected chi connectivity index (χ3v) is 4.93. The fourth-order valence-electron chi connectivity index (χ4n) is 2.53. The van der Waals surface area contributed by atoms with Gasteiger partial charge in [-0.25, -0.2) is 4.98 Å². The van der Waals surface area contributed by atoms with E-state index in [-0.39, 0.29) is 5.54 Å². The first kappa shape index (κ1) is 11.9. The highest BCUT2D eigenvalue weighted by molar-refractivity contribution is 7.10. The fourth-order valence-corrected chi connectivity index (χ4v) is 3.51. The molecule has 3 rings (SSSR count). The Balaban J connectivity index is 1.85. The molecule has 1 saturated carbocycles. The lowest BCUT2D eigenvalue weighted by atomic mass is 9.78. The van der Waals surface area contributed by atoms with Crippen molar-refractivity contribution in [2.45, 2.75) is 38.1 Å². The number of nitrogens with zero attached hydrogens (tertiary/aromatic N) is 1. The highest BCUT2D eigenvalue weighted by Gasteiger charge is 2.34. The van der Waals surface area contributed by atoms with E-state index in [9.17, 15) is 0 Å². The largest absolute Gasteiger partial charge is 0.463 e. The fraction of sp³-hybridized carbons (Fsp3) is 0.500. The molecule has 2 aromatic heterocycles. The van der Waals surface area contributed by atoms with Crippen molar-refractivity contribution in [2.75, 3.05) is 0 Å². The van der Waals surface area contributed by atoms with Gasteiger partial charge in [-0.05, 0) is 43.7 Å². The molecule has 1 aliphatic rings. The van der Waals surface area contributed by atoms with Crippen molar-refractivity contribution in [1.29, 1.82) is 0 Å². The molecule has 2 N–H and O–H groups in total. The molecule has 1 aliphatic carbocycles. The van der Waals surface area contributed by atoms with Crippen molar-refractivity contribution >= 4 is 11.3 Å². The molecule has 0 amide bonds. The molecule has 0 aliphatic heterocycles. The third kappa shape index (κ3) is 2.10. The molecule has 0 spiro atoms. The van der Waals surface area contributed by atoms with Crippen molar-refractivity contribution in [3.63, 3.8) is 0 Å². The number of aromatic nitrogens is 1. The average molecular weight is 262 g/mol. The lowest BCUT2D eigenvalue weighted by Gasteiger charge is -2.34. The van der Waals surface area contributed by atoms with Gasteiger partial charge in [0.2, 0.25) is 0 Å². The average Bonchev–Trinajstić information content (AvgIpc) is 3.01. The van der Waals surface area contributed by atoms with Crippen molar-refractivity contribution < 1.29 is 4.42 Å². The van der Waals surface area contributed by atoms with Crippen molar-refractivity contribution in [3.8, 4) is 11.5 Å². The molecule has 3 nitrogen and oxygen atoms in total. The molecular weight excluding hydrogens is 244 g/mol. The summed E-state index contributed by atoms with van der Waals surface area (Å²) in [7, 11) is 0. The zero-order valence-electron chi connectivity index (χ0n) is 10.6. The molecule has 0 atom stereocenters. The summed E-state index contributed by atoms with van der Waals surface area (Å²) in [4.78, 5) is 4.67. The number of nitrogens with two attached hydrogens (primary N) is 1. The van der Waals surface area contributed by atoms with Crippen molar-refractivity contribution in [3.05, 3.63) is 28.8 Å². The van der Waals surface area contributed by atoms with Gasteiger partial charge in [0.05, 0.1) is 11.8 Å². The highest BCUT2D eigenvalue weighted by Crippen LogP contribution is 2.39. The number of hydrogen-bond acceptors (Lipinski definition) is 4. The molecule has 2 aromatic rings. The van der Waals surface area contributed by atoms with Gasteiger partial charge in [-0.1, -0.05) is 6.92 Å². The van der Waals surface area contributed by atoms with Gasteiger partial charge in [-0.3, -0.25) is 0 Å². The monoisotopic (exact) mass is 262 g/mol. The standard InChI is InChI=1S/C14H18N2OS/c1-10-4-6-14(15,7-5-10)13-16-11(9-18-13)12-3-2-8-17-12/h2-3,8-10H,4-7,15H2,1H3. The Morgan fingerprint density at radius 3 is 2.89 bits per heavy atom. The van der Waals surface area contributed by atoms with E-state index in [1.165, 1.54) is 12.8 Å². The van der Waals surface area contributed by atoms with Gasteiger partial charge in [-0.2, -0.15) is 0 Å². The second-order valence-corrected chi connectivity index (χ2v) is 6.21. The predicted octanol–water partition coefficient (Wildman–Crippen LogP) is 3.77. The van der Waals surface area contributed by atoms with Crippen LogP contribution < -0.4 is 5.73 Å². The molecule has 2 heterocycles. The molecule has 4 heteroatoms. The summed E-state index contributed by atoms with van der Waals surface area (Å²) < 4.78 is 5.37. The van der Waals surface area contributed by atoms with Crippen molar-refractivity contribution in [2.24, 2.45) is 11.7 Å². The summed E-state index contributed by atoms with van der Waals surface area (Å²) in [6.45, 7) is 2.30. The first-order chi connectivity index (χ1) is 8.67. The normalized spacial score (nSPS) is 28.4. The quantitative estimate of drug-likeness (QED) is 0.896. The maximum atomic E-state index is 6.53. The summed E-state index contributed by atoms with van der Waals surface area (Å²) in [5.74, 6) is 1.62. The Bertz CT molecular complexity index is 510. The smallest absolute Gasteiger partial charge is 0.153 e. The second-order valence-electron chi connectivity index (χ2n) is 5.35.